The molecule has 4 heteroatoms. The molecular formula is C18H28N2O2. The Balaban J connectivity index is 1.50. The fourth-order valence-electron chi connectivity index (χ4n) is 6.29. The predicted molar refractivity (Wildman–Crippen MR) is 84.0 cm³/mol. The van der Waals surface area contributed by atoms with Crippen molar-refractivity contribution in [1.82, 2.24) is 10.2 Å². The first kappa shape index (κ1) is 14.5. The van der Waals surface area contributed by atoms with Crippen LogP contribution in [0.15, 0.2) is 0 Å². The SMILES string of the molecule is CNC(=O)C1CCCN(C(=O)C23CC4CC(CC(C4)C2)C3)C1. The topological polar surface area (TPSA) is 49.4 Å². The molecule has 4 saturated carbocycles. The highest BCUT2D eigenvalue weighted by atomic mass is 16.2. The molecule has 0 aromatic carbocycles. The summed E-state index contributed by atoms with van der Waals surface area (Å²) in [5.41, 5.74) is -0.0562. The number of nitrogens with one attached hydrogen (secondary N) is 1. The van der Waals surface area contributed by atoms with Gasteiger partial charge in [-0.3, -0.25) is 9.59 Å². The van der Waals surface area contributed by atoms with Crippen molar-refractivity contribution in [2.24, 2.45) is 29.1 Å². The van der Waals surface area contributed by atoms with Crippen molar-refractivity contribution in [2.75, 3.05) is 20.1 Å². The monoisotopic (exact) mass is 304 g/mol. The van der Waals surface area contributed by atoms with Gasteiger partial charge in [-0.2, -0.15) is 0 Å². The zero-order valence-corrected chi connectivity index (χ0v) is 13.6. The number of hydrogen-bond acceptors (Lipinski definition) is 2. The van der Waals surface area contributed by atoms with Crippen molar-refractivity contribution >= 4 is 11.8 Å². The van der Waals surface area contributed by atoms with Crippen molar-refractivity contribution in [3.05, 3.63) is 0 Å². The van der Waals surface area contributed by atoms with E-state index < -0.39 is 0 Å². The molecule has 4 nitrogen and oxygen atoms in total. The Labute approximate surface area is 133 Å². The Morgan fingerprint density at radius 1 is 1.05 bits per heavy atom. The van der Waals surface area contributed by atoms with Gasteiger partial charge in [0.25, 0.3) is 0 Å². The van der Waals surface area contributed by atoms with Crippen LogP contribution in [0.3, 0.4) is 0 Å². The van der Waals surface area contributed by atoms with Gasteiger partial charge < -0.3 is 10.2 Å². The molecule has 1 heterocycles. The third-order valence-electron chi connectivity index (χ3n) is 6.82. The van der Waals surface area contributed by atoms with Gasteiger partial charge >= 0.3 is 0 Å². The van der Waals surface area contributed by atoms with Gasteiger partial charge in [-0.1, -0.05) is 0 Å². The lowest BCUT2D eigenvalue weighted by Crippen LogP contribution is -2.56. The first-order chi connectivity index (χ1) is 10.6. The first-order valence-corrected chi connectivity index (χ1v) is 9.10. The van der Waals surface area contributed by atoms with Crippen LogP contribution in [0.5, 0.6) is 0 Å². The molecule has 5 aliphatic rings. The van der Waals surface area contributed by atoms with Crippen LogP contribution in [-0.4, -0.2) is 36.9 Å². The van der Waals surface area contributed by atoms with Crippen LogP contribution in [-0.2, 0) is 9.59 Å². The molecule has 1 aliphatic heterocycles. The molecular weight excluding hydrogens is 276 g/mol. The van der Waals surface area contributed by atoms with Crippen LogP contribution >= 0.6 is 0 Å². The second kappa shape index (κ2) is 5.24. The summed E-state index contributed by atoms with van der Waals surface area (Å²) in [6, 6.07) is 0. The lowest BCUT2D eigenvalue weighted by Gasteiger charge is -2.57. The molecule has 1 unspecified atom stereocenters. The van der Waals surface area contributed by atoms with Crippen LogP contribution in [0.2, 0.25) is 0 Å². The lowest BCUT2D eigenvalue weighted by atomic mass is 9.49. The summed E-state index contributed by atoms with van der Waals surface area (Å²) < 4.78 is 0. The molecule has 5 fully saturated rings. The number of nitrogens with zero attached hydrogens (tertiary/aromatic N) is 1. The van der Waals surface area contributed by atoms with E-state index >= 15 is 0 Å². The molecule has 4 aliphatic carbocycles. The largest absolute Gasteiger partial charge is 0.359 e. The van der Waals surface area contributed by atoms with Crippen molar-refractivity contribution < 1.29 is 9.59 Å². The summed E-state index contributed by atoms with van der Waals surface area (Å²) in [7, 11) is 1.70. The Morgan fingerprint density at radius 2 is 1.64 bits per heavy atom. The van der Waals surface area contributed by atoms with Crippen molar-refractivity contribution in [2.45, 2.75) is 51.4 Å². The fraction of sp³-hybridized carbons (Fsp3) is 0.889. The summed E-state index contributed by atoms with van der Waals surface area (Å²) in [4.78, 5) is 27.3. The van der Waals surface area contributed by atoms with Crippen LogP contribution in [0.1, 0.15) is 51.4 Å². The van der Waals surface area contributed by atoms with Crippen LogP contribution in [0.4, 0.5) is 0 Å². The second-order valence-corrected chi connectivity index (χ2v) is 8.40. The maximum Gasteiger partial charge on any atom is 0.228 e. The highest BCUT2D eigenvalue weighted by molar-refractivity contribution is 5.85. The minimum absolute atomic E-state index is 0.00314. The van der Waals surface area contributed by atoms with E-state index in [0.717, 1.165) is 56.4 Å². The number of carbonyl (C=O) groups is 2. The van der Waals surface area contributed by atoms with E-state index in [-0.39, 0.29) is 17.2 Å². The van der Waals surface area contributed by atoms with Crippen molar-refractivity contribution in [3.63, 3.8) is 0 Å². The van der Waals surface area contributed by atoms with E-state index in [1.807, 2.05) is 4.90 Å². The molecule has 1 atom stereocenters. The zero-order chi connectivity index (χ0) is 15.3. The maximum atomic E-state index is 13.3. The molecule has 4 bridgehead atoms. The van der Waals surface area contributed by atoms with E-state index in [4.69, 9.17) is 0 Å². The van der Waals surface area contributed by atoms with Crippen LogP contribution < -0.4 is 5.32 Å². The molecule has 5 rings (SSSR count). The van der Waals surface area contributed by atoms with Gasteiger partial charge in [0.05, 0.1) is 11.3 Å². The summed E-state index contributed by atoms with van der Waals surface area (Å²) in [6.45, 7) is 1.49. The van der Waals surface area contributed by atoms with Gasteiger partial charge in [0.15, 0.2) is 0 Å². The molecule has 0 aromatic heterocycles. The van der Waals surface area contributed by atoms with E-state index in [1.54, 1.807) is 7.05 Å². The number of likely N-dealkylation sites (tertiary alicyclic amines) is 1. The molecule has 122 valence electrons. The number of amides is 2. The molecule has 1 N–H and O–H groups in total. The Morgan fingerprint density at radius 3 is 2.18 bits per heavy atom. The Kier molecular flexibility index (Phi) is 3.46. The van der Waals surface area contributed by atoms with Gasteiger partial charge in [0.1, 0.15) is 0 Å². The highest BCUT2D eigenvalue weighted by Crippen LogP contribution is 2.60. The number of piperidine rings is 1. The quantitative estimate of drug-likeness (QED) is 0.850. The van der Waals surface area contributed by atoms with Gasteiger partial charge in [-0.15, -0.1) is 0 Å². The van der Waals surface area contributed by atoms with E-state index in [2.05, 4.69) is 5.32 Å². The number of carbonyl (C=O) groups excluding carboxylic acids is 2. The minimum atomic E-state index is -0.0562. The number of hydrogen-bond donors (Lipinski definition) is 1. The van der Waals surface area contributed by atoms with Gasteiger partial charge in [0.2, 0.25) is 11.8 Å². The Hall–Kier alpha value is -1.06. The molecule has 22 heavy (non-hydrogen) atoms. The summed E-state index contributed by atoms with van der Waals surface area (Å²) in [5, 5.41) is 2.75. The number of rotatable bonds is 2. The van der Waals surface area contributed by atoms with Crippen LogP contribution in [0, 0.1) is 29.1 Å². The molecule has 0 aromatic rings. The van der Waals surface area contributed by atoms with Gasteiger partial charge in [0, 0.05) is 20.1 Å². The zero-order valence-electron chi connectivity index (χ0n) is 13.6. The third kappa shape index (κ3) is 2.26. The summed E-state index contributed by atoms with van der Waals surface area (Å²) >= 11 is 0. The average Bonchev–Trinajstić information content (AvgIpc) is 2.52. The van der Waals surface area contributed by atoms with E-state index in [0.29, 0.717) is 12.5 Å². The summed E-state index contributed by atoms with van der Waals surface area (Å²) in [6.07, 6.45) is 9.37. The first-order valence-electron chi connectivity index (χ1n) is 9.10. The van der Waals surface area contributed by atoms with Gasteiger partial charge in [-0.25, -0.2) is 0 Å². The minimum Gasteiger partial charge on any atom is -0.359 e. The lowest BCUT2D eigenvalue weighted by molar-refractivity contribution is -0.160. The smallest absolute Gasteiger partial charge is 0.228 e. The Bertz CT molecular complexity index is 452. The molecule has 0 spiro atoms. The molecule has 2 amide bonds. The third-order valence-corrected chi connectivity index (χ3v) is 6.82. The van der Waals surface area contributed by atoms with Gasteiger partial charge in [-0.05, 0) is 69.1 Å². The maximum absolute atomic E-state index is 13.3. The van der Waals surface area contributed by atoms with E-state index in [9.17, 15) is 9.59 Å². The fourth-order valence-corrected chi connectivity index (χ4v) is 6.29. The standard InChI is InChI=1S/C18H28N2O2/c1-19-16(21)15-3-2-4-20(11-15)17(22)18-8-12-5-13(9-18)7-14(6-12)10-18/h12-15H,2-11H2,1H3,(H,19,21). The van der Waals surface area contributed by atoms with Crippen molar-refractivity contribution in [3.8, 4) is 0 Å². The molecule has 0 radical (unpaired) electrons. The second-order valence-electron chi connectivity index (χ2n) is 8.40. The van der Waals surface area contributed by atoms with E-state index in [1.165, 1.54) is 19.3 Å². The average molecular weight is 304 g/mol. The normalized spacial score (nSPS) is 43.2. The highest BCUT2D eigenvalue weighted by Gasteiger charge is 2.55. The van der Waals surface area contributed by atoms with Crippen molar-refractivity contribution in [1.29, 1.82) is 0 Å². The molecule has 1 saturated heterocycles. The predicted octanol–water partition coefficient (Wildman–Crippen LogP) is 2.19. The summed E-state index contributed by atoms with van der Waals surface area (Å²) in [5.74, 6) is 2.89. The van der Waals surface area contributed by atoms with Crippen LogP contribution in [0.25, 0.3) is 0 Å².